The van der Waals surface area contributed by atoms with E-state index in [0.29, 0.717) is 24.4 Å². The monoisotopic (exact) mass is 393 g/mol. The van der Waals surface area contributed by atoms with Gasteiger partial charge in [0.2, 0.25) is 5.91 Å². The highest BCUT2D eigenvalue weighted by atomic mass is 16.5. The Morgan fingerprint density at radius 2 is 1.90 bits per heavy atom. The summed E-state index contributed by atoms with van der Waals surface area (Å²) in [6, 6.07) is 11.3. The van der Waals surface area contributed by atoms with Gasteiger partial charge in [-0.3, -0.25) is 14.6 Å². The predicted molar refractivity (Wildman–Crippen MR) is 109 cm³/mol. The number of fused-ring (bicyclic) bond motifs is 1. The van der Waals surface area contributed by atoms with Crippen molar-refractivity contribution >= 4 is 11.8 Å². The number of rotatable bonds is 3. The van der Waals surface area contributed by atoms with E-state index in [1.807, 2.05) is 50.5 Å². The third kappa shape index (κ3) is 3.97. The average molecular weight is 393 g/mol. The Kier molecular flexibility index (Phi) is 5.26. The van der Waals surface area contributed by atoms with Gasteiger partial charge in [-0.1, -0.05) is 12.1 Å². The summed E-state index contributed by atoms with van der Waals surface area (Å²) in [5.41, 5.74) is 1.27. The van der Waals surface area contributed by atoms with Crippen LogP contribution in [-0.4, -0.2) is 52.8 Å². The molecule has 2 aliphatic rings. The van der Waals surface area contributed by atoms with E-state index in [0.717, 1.165) is 31.2 Å². The summed E-state index contributed by atoms with van der Waals surface area (Å²) in [6.07, 6.45) is 6.55. The zero-order valence-corrected chi connectivity index (χ0v) is 17.0. The molecule has 0 saturated heterocycles. The first kappa shape index (κ1) is 19.4. The number of benzene rings is 1. The summed E-state index contributed by atoms with van der Waals surface area (Å²) in [5.74, 6) is 0.819. The van der Waals surface area contributed by atoms with E-state index >= 15 is 0 Å². The highest BCUT2D eigenvalue weighted by Gasteiger charge is 2.43. The lowest BCUT2D eigenvalue weighted by Gasteiger charge is -2.41. The fraction of sp³-hybridized carbons (Fsp3) is 0.435. The van der Waals surface area contributed by atoms with Crippen molar-refractivity contribution in [2.75, 3.05) is 20.6 Å². The van der Waals surface area contributed by atoms with Crippen LogP contribution in [0.15, 0.2) is 48.8 Å². The molecule has 0 atom stereocenters. The molecular formula is C23H27N3O3. The molecular weight excluding hydrogens is 366 g/mol. The van der Waals surface area contributed by atoms with Gasteiger partial charge in [-0.05, 0) is 55.5 Å². The second-order valence-electron chi connectivity index (χ2n) is 8.27. The molecule has 1 spiro atoms. The molecule has 2 heterocycles. The maximum Gasteiger partial charge on any atom is 0.257 e. The van der Waals surface area contributed by atoms with Crippen LogP contribution in [0.1, 0.15) is 41.6 Å². The number of amides is 2. The van der Waals surface area contributed by atoms with Crippen molar-refractivity contribution in [2.45, 2.75) is 37.8 Å². The lowest BCUT2D eigenvalue weighted by atomic mass is 9.77. The molecule has 1 aliphatic heterocycles. The van der Waals surface area contributed by atoms with Crippen LogP contribution in [0.4, 0.5) is 0 Å². The summed E-state index contributed by atoms with van der Waals surface area (Å²) < 4.78 is 6.42. The van der Waals surface area contributed by atoms with Gasteiger partial charge in [0, 0.05) is 39.0 Å². The Hall–Kier alpha value is -2.89. The quantitative estimate of drug-likeness (QED) is 0.804. The number of hydrogen-bond donors (Lipinski definition) is 0. The van der Waals surface area contributed by atoms with E-state index in [4.69, 9.17) is 4.74 Å². The van der Waals surface area contributed by atoms with Crippen LogP contribution in [0, 0.1) is 5.92 Å². The molecule has 29 heavy (non-hydrogen) atoms. The van der Waals surface area contributed by atoms with Gasteiger partial charge < -0.3 is 14.5 Å². The largest absolute Gasteiger partial charge is 0.485 e. The molecule has 0 unspecified atom stereocenters. The zero-order chi connectivity index (χ0) is 20.4. The molecule has 1 aromatic carbocycles. The summed E-state index contributed by atoms with van der Waals surface area (Å²) >= 11 is 0. The second-order valence-corrected chi connectivity index (χ2v) is 8.27. The molecule has 1 aromatic heterocycles. The molecule has 2 amide bonds. The first-order valence-electron chi connectivity index (χ1n) is 10.1. The van der Waals surface area contributed by atoms with Crippen LogP contribution in [0.5, 0.6) is 5.75 Å². The first-order chi connectivity index (χ1) is 14.0. The number of carbonyl (C=O) groups excluding carboxylic acids is 2. The maximum absolute atomic E-state index is 13.0. The molecule has 1 fully saturated rings. The summed E-state index contributed by atoms with van der Waals surface area (Å²) in [4.78, 5) is 33.2. The SMILES string of the molecule is CN1CC2(CCC(C(=O)N(C)Cc3ccncc3)CC2)Oc2ccccc2C1=O. The van der Waals surface area contributed by atoms with Crippen molar-refractivity contribution in [1.82, 2.24) is 14.8 Å². The van der Waals surface area contributed by atoms with Gasteiger partial charge in [-0.2, -0.15) is 0 Å². The molecule has 6 nitrogen and oxygen atoms in total. The normalized spacial score (nSPS) is 23.9. The Balaban J connectivity index is 1.43. The topological polar surface area (TPSA) is 62.7 Å². The number of hydrogen-bond acceptors (Lipinski definition) is 4. The number of carbonyl (C=O) groups is 2. The molecule has 4 rings (SSSR count). The zero-order valence-electron chi connectivity index (χ0n) is 17.0. The van der Waals surface area contributed by atoms with E-state index in [1.54, 1.807) is 22.2 Å². The molecule has 0 bridgehead atoms. The van der Waals surface area contributed by atoms with Gasteiger partial charge in [-0.25, -0.2) is 0 Å². The fourth-order valence-corrected chi connectivity index (χ4v) is 4.51. The minimum Gasteiger partial charge on any atom is -0.485 e. The number of nitrogens with zero attached hydrogens (tertiary/aromatic N) is 3. The first-order valence-corrected chi connectivity index (χ1v) is 10.1. The predicted octanol–water partition coefficient (Wildman–Crippen LogP) is 3.13. The van der Waals surface area contributed by atoms with Crippen LogP contribution in [0.3, 0.4) is 0 Å². The highest BCUT2D eigenvalue weighted by molar-refractivity contribution is 5.97. The molecule has 1 saturated carbocycles. The number of pyridine rings is 1. The number of ether oxygens (including phenoxy) is 1. The van der Waals surface area contributed by atoms with Crippen LogP contribution < -0.4 is 4.74 Å². The third-order valence-electron chi connectivity index (χ3n) is 6.11. The lowest BCUT2D eigenvalue weighted by Crippen LogP contribution is -2.49. The highest BCUT2D eigenvalue weighted by Crippen LogP contribution is 2.40. The Labute approximate surface area is 171 Å². The summed E-state index contributed by atoms with van der Waals surface area (Å²) in [6.45, 7) is 1.14. The van der Waals surface area contributed by atoms with E-state index in [2.05, 4.69) is 4.98 Å². The Morgan fingerprint density at radius 3 is 2.62 bits per heavy atom. The van der Waals surface area contributed by atoms with E-state index in [9.17, 15) is 9.59 Å². The number of likely N-dealkylation sites (N-methyl/N-ethyl adjacent to an activating group) is 1. The van der Waals surface area contributed by atoms with Gasteiger partial charge in [0.15, 0.2) is 0 Å². The minimum absolute atomic E-state index is 0.00410. The number of aromatic nitrogens is 1. The molecule has 1 aliphatic carbocycles. The molecule has 0 radical (unpaired) electrons. The Bertz CT molecular complexity index is 891. The van der Waals surface area contributed by atoms with Crippen LogP contribution >= 0.6 is 0 Å². The van der Waals surface area contributed by atoms with Crippen molar-refractivity contribution in [3.63, 3.8) is 0 Å². The minimum atomic E-state index is -0.419. The van der Waals surface area contributed by atoms with Crippen molar-refractivity contribution in [3.05, 3.63) is 59.9 Å². The molecule has 0 N–H and O–H groups in total. The van der Waals surface area contributed by atoms with Gasteiger partial charge in [0.1, 0.15) is 11.4 Å². The average Bonchev–Trinajstić information content (AvgIpc) is 2.83. The summed E-state index contributed by atoms with van der Waals surface area (Å²) in [7, 11) is 3.69. The van der Waals surface area contributed by atoms with Crippen LogP contribution in [-0.2, 0) is 11.3 Å². The standard InChI is InChI=1S/C23H27N3O3/c1-25(15-17-9-13-24-14-10-17)21(27)18-7-11-23(12-8-18)16-26(2)22(28)19-5-3-4-6-20(19)29-23/h3-6,9-10,13-14,18H,7-8,11-12,15-16H2,1-2H3. The van der Waals surface area contributed by atoms with Gasteiger partial charge in [0.25, 0.3) is 5.91 Å². The lowest BCUT2D eigenvalue weighted by molar-refractivity contribution is -0.137. The molecule has 152 valence electrons. The number of para-hydroxylation sites is 1. The maximum atomic E-state index is 13.0. The molecule has 6 heteroatoms. The third-order valence-corrected chi connectivity index (χ3v) is 6.11. The molecule has 2 aromatic rings. The van der Waals surface area contributed by atoms with Crippen LogP contribution in [0.25, 0.3) is 0 Å². The second kappa shape index (κ2) is 7.85. The van der Waals surface area contributed by atoms with Gasteiger partial charge in [-0.15, -0.1) is 0 Å². The van der Waals surface area contributed by atoms with Gasteiger partial charge >= 0.3 is 0 Å². The van der Waals surface area contributed by atoms with E-state index in [-0.39, 0.29) is 17.7 Å². The van der Waals surface area contributed by atoms with Gasteiger partial charge in [0.05, 0.1) is 12.1 Å². The Morgan fingerprint density at radius 1 is 1.21 bits per heavy atom. The van der Waals surface area contributed by atoms with E-state index < -0.39 is 5.60 Å². The smallest absolute Gasteiger partial charge is 0.257 e. The van der Waals surface area contributed by atoms with Crippen molar-refractivity contribution in [1.29, 1.82) is 0 Å². The van der Waals surface area contributed by atoms with E-state index in [1.165, 1.54) is 0 Å². The fourth-order valence-electron chi connectivity index (χ4n) is 4.51. The van der Waals surface area contributed by atoms with Crippen molar-refractivity contribution in [2.24, 2.45) is 5.92 Å². The van der Waals surface area contributed by atoms with Crippen LogP contribution in [0.2, 0.25) is 0 Å². The summed E-state index contributed by atoms with van der Waals surface area (Å²) in [5, 5.41) is 0. The van der Waals surface area contributed by atoms with Crippen molar-refractivity contribution in [3.8, 4) is 5.75 Å². The van der Waals surface area contributed by atoms with Crippen molar-refractivity contribution < 1.29 is 14.3 Å².